The number of carbonyl (C=O) groups is 1. The second-order valence-corrected chi connectivity index (χ2v) is 5.82. The lowest BCUT2D eigenvalue weighted by atomic mass is 10.2. The molecule has 0 spiro atoms. The summed E-state index contributed by atoms with van der Waals surface area (Å²) in [5, 5.41) is 3.17. The van der Waals surface area contributed by atoms with E-state index in [1.54, 1.807) is 31.2 Å². The van der Waals surface area contributed by atoms with Crippen molar-refractivity contribution in [2.45, 2.75) is 19.6 Å². The highest BCUT2D eigenvalue weighted by Crippen LogP contribution is 2.21. The summed E-state index contributed by atoms with van der Waals surface area (Å²) >= 11 is 5.84. The molecule has 0 aliphatic rings. The number of alkyl halides is 3. The normalized spacial score (nSPS) is 11.1. The molecule has 1 amide bonds. The minimum atomic E-state index is -4.44. The Bertz CT molecular complexity index is 769. The molecule has 2 aromatic rings. The van der Waals surface area contributed by atoms with E-state index in [0.29, 0.717) is 16.3 Å². The smallest absolute Gasteiger partial charge is 0.422 e. The van der Waals surface area contributed by atoms with Crippen LogP contribution in [0.3, 0.4) is 0 Å². The number of hydrogen-bond donors (Lipinski definition) is 1. The van der Waals surface area contributed by atoms with Crippen LogP contribution in [0.5, 0.6) is 11.6 Å². The van der Waals surface area contributed by atoms with Gasteiger partial charge < -0.3 is 14.8 Å². The summed E-state index contributed by atoms with van der Waals surface area (Å²) in [6, 6.07) is 7.93. The number of halogens is 4. The first kappa shape index (κ1) is 19.8. The fourth-order valence-corrected chi connectivity index (χ4v) is 2.19. The van der Waals surface area contributed by atoms with Crippen LogP contribution in [-0.2, 0) is 11.3 Å². The number of nitrogens with zero attached hydrogens (tertiary/aromatic N) is 1. The van der Waals surface area contributed by atoms with Gasteiger partial charge in [0.2, 0.25) is 5.88 Å². The van der Waals surface area contributed by atoms with Crippen LogP contribution in [0.15, 0.2) is 36.5 Å². The predicted molar refractivity (Wildman–Crippen MR) is 89.3 cm³/mol. The van der Waals surface area contributed by atoms with Gasteiger partial charge in [0.15, 0.2) is 13.2 Å². The van der Waals surface area contributed by atoms with Crippen molar-refractivity contribution in [1.82, 2.24) is 10.3 Å². The van der Waals surface area contributed by atoms with Crippen molar-refractivity contribution in [1.29, 1.82) is 0 Å². The first-order chi connectivity index (χ1) is 12.2. The molecule has 0 saturated heterocycles. The SMILES string of the molecule is Cc1cc(Cl)ccc1OCC(=O)NCc1ccnc(OCC(F)(F)F)c1. The molecule has 1 aromatic carbocycles. The highest BCUT2D eigenvalue weighted by Gasteiger charge is 2.28. The zero-order valence-electron chi connectivity index (χ0n) is 13.8. The maximum Gasteiger partial charge on any atom is 0.422 e. The second kappa shape index (κ2) is 8.75. The van der Waals surface area contributed by atoms with Gasteiger partial charge in [-0.1, -0.05) is 11.6 Å². The van der Waals surface area contributed by atoms with Crippen molar-refractivity contribution in [3.05, 3.63) is 52.7 Å². The lowest BCUT2D eigenvalue weighted by Crippen LogP contribution is -2.28. The van der Waals surface area contributed by atoms with Gasteiger partial charge in [-0.15, -0.1) is 0 Å². The van der Waals surface area contributed by atoms with Crippen molar-refractivity contribution >= 4 is 17.5 Å². The van der Waals surface area contributed by atoms with Crippen molar-refractivity contribution in [2.24, 2.45) is 0 Å². The maximum absolute atomic E-state index is 12.1. The Hall–Kier alpha value is -2.48. The van der Waals surface area contributed by atoms with Crippen molar-refractivity contribution in [3.8, 4) is 11.6 Å². The van der Waals surface area contributed by atoms with E-state index >= 15 is 0 Å². The second-order valence-electron chi connectivity index (χ2n) is 5.38. The summed E-state index contributed by atoms with van der Waals surface area (Å²) in [4.78, 5) is 15.5. The van der Waals surface area contributed by atoms with Gasteiger partial charge in [0.25, 0.3) is 5.91 Å². The topological polar surface area (TPSA) is 60.5 Å². The molecule has 0 radical (unpaired) electrons. The number of ether oxygens (including phenoxy) is 2. The number of benzene rings is 1. The van der Waals surface area contributed by atoms with Gasteiger partial charge in [-0.2, -0.15) is 13.2 Å². The van der Waals surface area contributed by atoms with Crippen molar-refractivity contribution in [2.75, 3.05) is 13.2 Å². The van der Waals surface area contributed by atoms with Crippen LogP contribution in [-0.4, -0.2) is 30.3 Å². The van der Waals surface area contributed by atoms with Crippen LogP contribution in [0.1, 0.15) is 11.1 Å². The zero-order valence-corrected chi connectivity index (χ0v) is 14.5. The molecule has 1 heterocycles. The van der Waals surface area contributed by atoms with Gasteiger partial charge in [0, 0.05) is 23.8 Å². The minimum Gasteiger partial charge on any atom is -0.484 e. The molecule has 1 aromatic heterocycles. The average molecular weight is 389 g/mol. The van der Waals surface area contributed by atoms with Gasteiger partial charge in [-0.25, -0.2) is 4.98 Å². The Morgan fingerprint density at radius 2 is 2.00 bits per heavy atom. The van der Waals surface area contributed by atoms with Crippen LogP contribution in [0.25, 0.3) is 0 Å². The van der Waals surface area contributed by atoms with Crippen LogP contribution < -0.4 is 14.8 Å². The van der Waals surface area contributed by atoms with Gasteiger partial charge in [-0.05, 0) is 42.3 Å². The molecular formula is C17H16ClF3N2O3. The fourth-order valence-electron chi connectivity index (χ4n) is 1.96. The quantitative estimate of drug-likeness (QED) is 0.786. The Morgan fingerprint density at radius 3 is 2.69 bits per heavy atom. The number of carbonyl (C=O) groups excluding carboxylic acids is 1. The molecule has 1 N–H and O–H groups in total. The third-order valence-corrected chi connectivity index (χ3v) is 3.40. The standard InChI is InChI=1S/C17H16ClF3N2O3/c1-11-6-13(18)2-3-14(11)25-9-15(24)23-8-12-4-5-22-16(7-12)26-10-17(19,20)21/h2-7H,8-10H2,1H3,(H,23,24). The van der Waals surface area contributed by atoms with Gasteiger partial charge >= 0.3 is 6.18 Å². The zero-order chi connectivity index (χ0) is 19.2. The number of aromatic nitrogens is 1. The molecule has 9 heteroatoms. The molecule has 0 atom stereocenters. The Morgan fingerprint density at radius 1 is 1.23 bits per heavy atom. The maximum atomic E-state index is 12.1. The molecule has 26 heavy (non-hydrogen) atoms. The summed E-state index contributed by atoms with van der Waals surface area (Å²) < 4.78 is 46.4. The summed E-state index contributed by atoms with van der Waals surface area (Å²) in [6.45, 7) is 0.278. The number of rotatable bonds is 7. The molecule has 140 valence electrons. The third kappa shape index (κ3) is 6.79. The third-order valence-electron chi connectivity index (χ3n) is 3.17. The largest absolute Gasteiger partial charge is 0.484 e. The summed E-state index contributed by atoms with van der Waals surface area (Å²) in [7, 11) is 0. The molecule has 5 nitrogen and oxygen atoms in total. The van der Waals surface area contributed by atoms with E-state index < -0.39 is 12.8 Å². The highest BCUT2D eigenvalue weighted by molar-refractivity contribution is 6.30. The fraction of sp³-hybridized carbons (Fsp3) is 0.294. The van der Waals surface area contributed by atoms with E-state index in [1.165, 1.54) is 12.3 Å². The summed E-state index contributed by atoms with van der Waals surface area (Å²) in [5.74, 6) is -0.00710. The number of aryl methyl sites for hydroxylation is 1. The van der Waals surface area contributed by atoms with E-state index in [2.05, 4.69) is 15.0 Å². The molecule has 0 aliphatic heterocycles. The van der Waals surface area contributed by atoms with Crippen LogP contribution in [0, 0.1) is 6.92 Å². The summed E-state index contributed by atoms with van der Waals surface area (Å²) in [5.41, 5.74) is 1.35. The van der Waals surface area contributed by atoms with Crippen molar-refractivity contribution in [3.63, 3.8) is 0 Å². The average Bonchev–Trinajstić information content (AvgIpc) is 2.57. The van der Waals surface area contributed by atoms with Crippen LogP contribution >= 0.6 is 11.6 Å². The number of amides is 1. The number of pyridine rings is 1. The molecule has 0 unspecified atom stereocenters. The molecule has 0 aliphatic carbocycles. The Labute approximate surface area is 153 Å². The minimum absolute atomic E-state index is 0.104. The first-order valence-corrected chi connectivity index (χ1v) is 7.91. The summed E-state index contributed by atoms with van der Waals surface area (Å²) in [6.07, 6.45) is -3.14. The van der Waals surface area contributed by atoms with Gasteiger partial charge in [0.05, 0.1) is 0 Å². The lowest BCUT2D eigenvalue weighted by molar-refractivity contribution is -0.154. The highest BCUT2D eigenvalue weighted by atomic mass is 35.5. The van der Waals surface area contributed by atoms with E-state index in [4.69, 9.17) is 16.3 Å². The number of nitrogens with one attached hydrogen (secondary N) is 1. The Kier molecular flexibility index (Phi) is 6.68. The predicted octanol–water partition coefficient (Wildman–Crippen LogP) is 3.68. The van der Waals surface area contributed by atoms with E-state index in [-0.39, 0.29) is 24.9 Å². The Balaban J connectivity index is 1.81. The van der Waals surface area contributed by atoms with Crippen LogP contribution in [0.4, 0.5) is 13.2 Å². The molecule has 0 saturated carbocycles. The molecular weight excluding hydrogens is 373 g/mol. The first-order valence-electron chi connectivity index (χ1n) is 7.53. The monoisotopic (exact) mass is 388 g/mol. The molecule has 0 fully saturated rings. The van der Waals surface area contributed by atoms with Crippen molar-refractivity contribution < 1.29 is 27.4 Å². The van der Waals surface area contributed by atoms with Gasteiger partial charge in [0.1, 0.15) is 5.75 Å². The lowest BCUT2D eigenvalue weighted by Gasteiger charge is -2.11. The van der Waals surface area contributed by atoms with E-state index in [9.17, 15) is 18.0 Å². The molecule has 0 bridgehead atoms. The van der Waals surface area contributed by atoms with Crippen LogP contribution in [0.2, 0.25) is 5.02 Å². The number of hydrogen-bond acceptors (Lipinski definition) is 4. The molecule has 2 rings (SSSR count). The van der Waals surface area contributed by atoms with E-state index in [1.807, 2.05) is 0 Å². The van der Waals surface area contributed by atoms with E-state index in [0.717, 1.165) is 5.56 Å². The van der Waals surface area contributed by atoms with Gasteiger partial charge in [-0.3, -0.25) is 4.79 Å².